The Labute approximate surface area is 114 Å². The summed E-state index contributed by atoms with van der Waals surface area (Å²) in [6, 6.07) is 0.506. The Morgan fingerprint density at radius 2 is 2.17 bits per heavy atom. The van der Waals surface area contributed by atoms with Crippen LogP contribution in [-0.2, 0) is 17.7 Å². The van der Waals surface area contributed by atoms with Gasteiger partial charge in [-0.2, -0.15) is 0 Å². The van der Waals surface area contributed by atoms with E-state index in [4.69, 9.17) is 9.72 Å². The second-order valence-electron chi connectivity index (χ2n) is 4.67. The third-order valence-electron chi connectivity index (χ3n) is 2.73. The van der Waals surface area contributed by atoms with E-state index in [0.29, 0.717) is 6.04 Å². The van der Waals surface area contributed by atoms with Crippen molar-refractivity contribution in [2.75, 3.05) is 32.2 Å². The molecule has 0 aliphatic rings. The third kappa shape index (κ3) is 4.55. The maximum Gasteiger partial charge on any atom is 0.185 e. The molecule has 5 heteroatoms. The third-order valence-corrected chi connectivity index (χ3v) is 3.94. The molecule has 18 heavy (non-hydrogen) atoms. The van der Waals surface area contributed by atoms with Crippen molar-refractivity contribution >= 4 is 16.5 Å². The van der Waals surface area contributed by atoms with Crippen molar-refractivity contribution in [3.63, 3.8) is 0 Å². The SMILES string of the molecule is CCc1nc(N(C)CCOC)sc1CNC(C)C. The summed E-state index contributed by atoms with van der Waals surface area (Å²) < 4.78 is 5.10. The van der Waals surface area contributed by atoms with Crippen LogP contribution in [0.1, 0.15) is 31.3 Å². The number of aryl methyl sites for hydroxylation is 1. The lowest BCUT2D eigenvalue weighted by molar-refractivity contribution is 0.206. The standard InChI is InChI=1S/C13H25N3OS/c1-6-11-12(9-14-10(2)3)18-13(15-11)16(4)7-8-17-5/h10,14H,6-9H2,1-5H3. The fourth-order valence-corrected chi connectivity index (χ4v) is 2.65. The van der Waals surface area contributed by atoms with E-state index in [2.05, 4.69) is 38.0 Å². The molecule has 0 aliphatic carbocycles. The van der Waals surface area contributed by atoms with Gasteiger partial charge in [-0.3, -0.25) is 0 Å². The lowest BCUT2D eigenvalue weighted by atomic mass is 10.3. The number of nitrogens with one attached hydrogen (secondary N) is 1. The van der Waals surface area contributed by atoms with Gasteiger partial charge in [0.25, 0.3) is 0 Å². The highest BCUT2D eigenvalue weighted by Crippen LogP contribution is 2.26. The number of thiazole rings is 1. The van der Waals surface area contributed by atoms with Gasteiger partial charge < -0.3 is 15.0 Å². The molecular formula is C13H25N3OS. The summed E-state index contributed by atoms with van der Waals surface area (Å²) in [5.41, 5.74) is 1.22. The van der Waals surface area contributed by atoms with Gasteiger partial charge in [0.15, 0.2) is 5.13 Å². The summed E-state index contributed by atoms with van der Waals surface area (Å²) in [6.07, 6.45) is 0.990. The zero-order valence-electron chi connectivity index (χ0n) is 12.1. The van der Waals surface area contributed by atoms with Crippen LogP contribution in [0.15, 0.2) is 0 Å². The molecule has 0 spiro atoms. The first-order chi connectivity index (χ1) is 8.58. The number of nitrogens with zero attached hydrogens (tertiary/aromatic N) is 2. The van der Waals surface area contributed by atoms with Gasteiger partial charge in [0.05, 0.1) is 12.3 Å². The number of rotatable bonds is 8. The van der Waals surface area contributed by atoms with Crippen molar-refractivity contribution in [2.45, 2.75) is 39.8 Å². The van der Waals surface area contributed by atoms with E-state index in [0.717, 1.165) is 31.2 Å². The number of hydrogen-bond acceptors (Lipinski definition) is 5. The second kappa shape index (κ2) is 7.71. The smallest absolute Gasteiger partial charge is 0.185 e. The Morgan fingerprint density at radius 3 is 2.72 bits per heavy atom. The number of aromatic nitrogens is 1. The fraction of sp³-hybridized carbons (Fsp3) is 0.769. The van der Waals surface area contributed by atoms with Gasteiger partial charge in [-0.05, 0) is 6.42 Å². The normalized spacial score (nSPS) is 11.2. The van der Waals surface area contributed by atoms with Gasteiger partial charge in [-0.25, -0.2) is 4.98 Å². The molecule has 0 unspecified atom stereocenters. The molecule has 4 nitrogen and oxygen atoms in total. The lowest BCUT2D eigenvalue weighted by Crippen LogP contribution is -2.22. The van der Waals surface area contributed by atoms with Crippen LogP contribution in [-0.4, -0.2) is 38.3 Å². The zero-order valence-corrected chi connectivity index (χ0v) is 12.9. The van der Waals surface area contributed by atoms with E-state index < -0.39 is 0 Å². The minimum absolute atomic E-state index is 0.506. The molecule has 0 aromatic carbocycles. The first-order valence-corrected chi connectivity index (χ1v) is 7.32. The number of ether oxygens (including phenoxy) is 1. The minimum atomic E-state index is 0.506. The lowest BCUT2D eigenvalue weighted by Gasteiger charge is -2.14. The predicted octanol–water partition coefficient (Wildman–Crippen LogP) is 2.29. The van der Waals surface area contributed by atoms with Crippen LogP contribution in [0.3, 0.4) is 0 Å². The molecule has 0 saturated heterocycles. The Balaban J connectivity index is 2.70. The number of methoxy groups -OCH3 is 1. The molecule has 1 heterocycles. The summed E-state index contributed by atoms with van der Waals surface area (Å²) in [5, 5.41) is 4.55. The van der Waals surface area contributed by atoms with Gasteiger partial charge in [-0.1, -0.05) is 20.8 Å². The molecule has 104 valence electrons. The topological polar surface area (TPSA) is 37.4 Å². The molecule has 1 rings (SSSR count). The molecule has 1 aromatic rings. The Morgan fingerprint density at radius 1 is 1.44 bits per heavy atom. The average Bonchev–Trinajstić information content (AvgIpc) is 2.76. The van der Waals surface area contributed by atoms with Crippen molar-refractivity contribution in [1.29, 1.82) is 0 Å². The molecule has 1 aromatic heterocycles. The predicted molar refractivity (Wildman–Crippen MR) is 78.6 cm³/mol. The molecule has 0 bridgehead atoms. The van der Waals surface area contributed by atoms with Crippen LogP contribution in [0.4, 0.5) is 5.13 Å². The van der Waals surface area contributed by atoms with Crippen LogP contribution < -0.4 is 10.2 Å². The van der Waals surface area contributed by atoms with Crippen LogP contribution >= 0.6 is 11.3 Å². The van der Waals surface area contributed by atoms with E-state index in [9.17, 15) is 0 Å². The molecule has 0 atom stereocenters. The summed E-state index contributed by atoms with van der Waals surface area (Å²) >= 11 is 1.78. The summed E-state index contributed by atoms with van der Waals surface area (Å²) in [5.74, 6) is 0. The highest BCUT2D eigenvalue weighted by atomic mass is 32.1. The van der Waals surface area contributed by atoms with E-state index in [1.54, 1.807) is 18.4 Å². The minimum Gasteiger partial charge on any atom is -0.383 e. The quantitative estimate of drug-likeness (QED) is 0.787. The maximum absolute atomic E-state index is 5.10. The van der Waals surface area contributed by atoms with Crippen LogP contribution in [0, 0.1) is 0 Å². The van der Waals surface area contributed by atoms with Crippen molar-refractivity contribution in [2.24, 2.45) is 0 Å². The maximum atomic E-state index is 5.10. The van der Waals surface area contributed by atoms with Gasteiger partial charge in [0, 0.05) is 38.2 Å². The monoisotopic (exact) mass is 271 g/mol. The molecular weight excluding hydrogens is 246 g/mol. The highest BCUT2D eigenvalue weighted by molar-refractivity contribution is 7.15. The van der Waals surface area contributed by atoms with E-state index in [1.807, 2.05) is 0 Å². The van der Waals surface area contributed by atoms with E-state index in [1.165, 1.54) is 10.6 Å². The summed E-state index contributed by atoms with van der Waals surface area (Å²) in [4.78, 5) is 8.22. The summed E-state index contributed by atoms with van der Waals surface area (Å²) in [7, 11) is 3.79. The van der Waals surface area contributed by atoms with Gasteiger partial charge in [-0.15, -0.1) is 11.3 Å². The molecule has 0 aliphatic heterocycles. The van der Waals surface area contributed by atoms with Crippen molar-refractivity contribution < 1.29 is 4.74 Å². The highest BCUT2D eigenvalue weighted by Gasteiger charge is 2.12. The fourth-order valence-electron chi connectivity index (χ4n) is 1.57. The van der Waals surface area contributed by atoms with Gasteiger partial charge >= 0.3 is 0 Å². The summed E-state index contributed by atoms with van der Waals surface area (Å²) in [6.45, 7) is 9.02. The molecule has 0 saturated carbocycles. The van der Waals surface area contributed by atoms with Crippen molar-refractivity contribution in [3.8, 4) is 0 Å². The molecule has 0 fully saturated rings. The largest absolute Gasteiger partial charge is 0.383 e. The van der Waals surface area contributed by atoms with Crippen molar-refractivity contribution in [1.82, 2.24) is 10.3 Å². The van der Waals surface area contributed by atoms with Gasteiger partial charge in [0.1, 0.15) is 0 Å². The molecule has 0 amide bonds. The molecule has 0 radical (unpaired) electrons. The van der Waals surface area contributed by atoms with E-state index >= 15 is 0 Å². The average molecular weight is 271 g/mol. The number of anilines is 1. The van der Waals surface area contributed by atoms with E-state index in [-0.39, 0.29) is 0 Å². The van der Waals surface area contributed by atoms with Crippen LogP contribution in [0.5, 0.6) is 0 Å². The van der Waals surface area contributed by atoms with Crippen LogP contribution in [0.2, 0.25) is 0 Å². The first kappa shape index (κ1) is 15.4. The zero-order chi connectivity index (χ0) is 13.5. The Bertz CT molecular complexity index is 352. The number of likely N-dealkylation sites (N-methyl/N-ethyl adjacent to an activating group) is 1. The number of hydrogen-bond donors (Lipinski definition) is 1. The first-order valence-electron chi connectivity index (χ1n) is 6.50. The van der Waals surface area contributed by atoms with Gasteiger partial charge in [0.2, 0.25) is 0 Å². The Hall–Kier alpha value is -0.650. The second-order valence-corrected chi connectivity index (χ2v) is 5.73. The Kier molecular flexibility index (Phi) is 6.60. The van der Waals surface area contributed by atoms with Crippen LogP contribution in [0.25, 0.3) is 0 Å². The van der Waals surface area contributed by atoms with Crippen molar-refractivity contribution in [3.05, 3.63) is 10.6 Å². The molecule has 1 N–H and O–H groups in total.